The second kappa shape index (κ2) is 9.82. The van der Waals surface area contributed by atoms with Gasteiger partial charge in [0, 0.05) is 5.70 Å². The predicted molar refractivity (Wildman–Crippen MR) is 106 cm³/mol. The quantitative estimate of drug-likeness (QED) is 0.626. The largest absolute Gasteiger partial charge is 0.496 e. The van der Waals surface area contributed by atoms with Gasteiger partial charge in [0.15, 0.2) is 6.61 Å². The molecule has 29 heavy (non-hydrogen) atoms. The number of amides is 1. The van der Waals surface area contributed by atoms with Crippen LogP contribution >= 0.6 is 0 Å². The molecule has 1 amide bonds. The molecule has 154 valence electrons. The van der Waals surface area contributed by atoms with E-state index in [1.165, 1.54) is 14.2 Å². The Hall–Kier alpha value is -3.22. The lowest BCUT2D eigenvalue weighted by Gasteiger charge is -2.27. The highest BCUT2D eigenvalue weighted by molar-refractivity contribution is 5.97. The van der Waals surface area contributed by atoms with E-state index in [0.29, 0.717) is 23.8 Å². The van der Waals surface area contributed by atoms with Gasteiger partial charge in [-0.1, -0.05) is 12.1 Å². The van der Waals surface area contributed by atoms with Crippen LogP contribution < -0.4 is 9.47 Å². The first-order chi connectivity index (χ1) is 14.1. The molecule has 1 heterocycles. The molecule has 1 aliphatic rings. The molecule has 0 radical (unpaired) electrons. The lowest BCUT2D eigenvalue weighted by molar-refractivity contribution is -0.133. The Balaban J connectivity index is 1.73. The Bertz CT molecular complexity index is 849. The molecule has 0 saturated heterocycles. The fourth-order valence-electron chi connectivity index (χ4n) is 3.30. The van der Waals surface area contributed by atoms with Crippen molar-refractivity contribution in [3.05, 3.63) is 59.7 Å². The molecule has 0 unspecified atom stereocenters. The summed E-state index contributed by atoms with van der Waals surface area (Å²) in [4.78, 5) is 27.2. The van der Waals surface area contributed by atoms with Crippen molar-refractivity contribution in [1.82, 2.24) is 4.90 Å². The number of furan rings is 1. The molecular weight excluding hydrogens is 374 g/mol. The van der Waals surface area contributed by atoms with Gasteiger partial charge in [-0.05, 0) is 49.9 Å². The standard InChI is InChI=1S/C22H25NO6/c1-26-18-11-6-12-19(27-2)21(18)22(25)29-15-20(24)23(14-17-10-7-13-28-17)16-8-4-3-5-9-16/h6-8,10-13H,3-5,9,14-15H2,1-2H3. The fourth-order valence-corrected chi connectivity index (χ4v) is 3.30. The summed E-state index contributed by atoms with van der Waals surface area (Å²) < 4.78 is 21.2. The average molecular weight is 399 g/mol. The number of rotatable bonds is 8. The molecule has 0 saturated carbocycles. The lowest BCUT2D eigenvalue weighted by atomic mass is 10.0. The maximum atomic E-state index is 12.9. The summed E-state index contributed by atoms with van der Waals surface area (Å²) in [5.41, 5.74) is 1.09. The maximum absolute atomic E-state index is 12.9. The molecular formula is C22H25NO6. The third-order valence-electron chi connectivity index (χ3n) is 4.77. The molecule has 1 aromatic heterocycles. The van der Waals surface area contributed by atoms with Crippen LogP contribution in [0.3, 0.4) is 0 Å². The Morgan fingerprint density at radius 1 is 1.07 bits per heavy atom. The zero-order valence-corrected chi connectivity index (χ0v) is 16.7. The predicted octanol–water partition coefficient (Wildman–Crippen LogP) is 3.94. The number of ether oxygens (including phenoxy) is 3. The number of methoxy groups -OCH3 is 2. The summed E-state index contributed by atoms with van der Waals surface area (Å²) >= 11 is 0. The van der Waals surface area contributed by atoms with Crippen LogP contribution in [0.5, 0.6) is 11.5 Å². The summed E-state index contributed by atoms with van der Waals surface area (Å²) in [5, 5.41) is 0. The maximum Gasteiger partial charge on any atom is 0.346 e. The summed E-state index contributed by atoms with van der Waals surface area (Å²) in [6, 6.07) is 8.57. The van der Waals surface area contributed by atoms with Crippen molar-refractivity contribution >= 4 is 11.9 Å². The van der Waals surface area contributed by atoms with Crippen molar-refractivity contribution in [2.24, 2.45) is 0 Å². The third kappa shape index (κ3) is 4.99. The van der Waals surface area contributed by atoms with Gasteiger partial charge in [-0.2, -0.15) is 0 Å². The average Bonchev–Trinajstić information content (AvgIpc) is 3.28. The van der Waals surface area contributed by atoms with Crippen molar-refractivity contribution in [2.45, 2.75) is 32.2 Å². The first-order valence-corrected chi connectivity index (χ1v) is 9.54. The van der Waals surface area contributed by atoms with E-state index in [2.05, 4.69) is 6.08 Å². The van der Waals surface area contributed by atoms with Crippen LogP contribution in [-0.4, -0.2) is 37.6 Å². The second-order valence-electron chi connectivity index (χ2n) is 6.61. The van der Waals surface area contributed by atoms with E-state index < -0.39 is 12.6 Å². The van der Waals surface area contributed by atoms with Crippen molar-refractivity contribution in [3.8, 4) is 11.5 Å². The number of hydrogen-bond donors (Lipinski definition) is 0. The molecule has 1 aliphatic carbocycles. The summed E-state index contributed by atoms with van der Waals surface area (Å²) in [6.07, 6.45) is 7.49. The van der Waals surface area contributed by atoms with Gasteiger partial charge in [0.05, 0.1) is 27.0 Å². The van der Waals surface area contributed by atoms with E-state index >= 15 is 0 Å². The number of benzene rings is 1. The zero-order chi connectivity index (χ0) is 20.6. The Kier molecular flexibility index (Phi) is 6.94. The minimum absolute atomic E-state index is 0.153. The summed E-state index contributed by atoms with van der Waals surface area (Å²) in [6.45, 7) is -0.0920. The van der Waals surface area contributed by atoms with Crippen LogP contribution in [0, 0.1) is 0 Å². The number of allylic oxidation sites excluding steroid dienone is 2. The van der Waals surface area contributed by atoms with Gasteiger partial charge >= 0.3 is 5.97 Å². The summed E-state index contributed by atoms with van der Waals surface area (Å²) in [7, 11) is 2.91. The highest BCUT2D eigenvalue weighted by Gasteiger charge is 2.25. The molecule has 0 N–H and O–H groups in total. The topological polar surface area (TPSA) is 78.2 Å². The smallest absolute Gasteiger partial charge is 0.346 e. The van der Waals surface area contributed by atoms with Crippen LogP contribution in [0.15, 0.2) is 52.8 Å². The number of carbonyl (C=O) groups excluding carboxylic acids is 2. The van der Waals surface area contributed by atoms with Crippen molar-refractivity contribution < 1.29 is 28.2 Å². The molecule has 0 atom stereocenters. The second-order valence-corrected chi connectivity index (χ2v) is 6.61. The SMILES string of the molecule is COc1cccc(OC)c1C(=O)OCC(=O)N(Cc1ccco1)C1=CCCCC1. The number of nitrogens with zero attached hydrogens (tertiary/aromatic N) is 1. The Labute approximate surface area is 169 Å². The van der Waals surface area contributed by atoms with Gasteiger partial charge in [-0.15, -0.1) is 0 Å². The van der Waals surface area contributed by atoms with Crippen molar-refractivity contribution in [3.63, 3.8) is 0 Å². The van der Waals surface area contributed by atoms with Gasteiger partial charge in [0.1, 0.15) is 22.8 Å². The Morgan fingerprint density at radius 2 is 1.83 bits per heavy atom. The minimum atomic E-state index is -0.678. The van der Waals surface area contributed by atoms with E-state index in [9.17, 15) is 9.59 Å². The molecule has 0 spiro atoms. The Morgan fingerprint density at radius 3 is 2.41 bits per heavy atom. The summed E-state index contributed by atoms with van der Waals surface area (Å²) in [5.74, 6) is 0.330. The van der Waals surface area contributed by atoms with Crippen LogP contribution in [-0.2, 0) is 16.1 Å². The fraction of sp³-hybridized carbons (Fsp3) is 0.364. The van der Waals surface area contributed by atoms with Gasteiger partial charge < -0.3 is 23.5 Å². The monoisotopic (exact) mass is 399 g/mol. The van der Waals surface area contributed by atoms with E-state index in [-0.39, 0.29) is 11.5 Å². The van der Waals surface area contributed by atoms with E-state index in [0.717, 1.165) is 31.4 Å². The minimum Gasteiger partial charge on any atom is -0.496 e. The molecule has 7 nitrogen and oxygen atoms in total. The van der Waals surface area contributed by atoms with E-state index in [1.807, 2.05) is 6.07 Å². The zero-order valence-electron chi connectivity index (χ0n) is 16.7. The first-order valence-electron chi connectivity index (χ1n) is 9.54. The van der Waals surface area contributed by atoms with Gasteiger partial charge in [0.25, 0.3) is 5.91 Å². The third-order valence-corrected chi connectivity index (χ3v) is 4.77. The lowest BCUT2D eigenvalue weighted by Crippen LogP contribution is -2.34. The molecule has 0 aliphatic heterocycles. The normalized spacial score (nSPS) is 13.4. The molecule has 0 fully saturated rings. The number of esters is 1. The molecule has 3 rings (SSSR count). The first kappa shape index (κ1) is 20.5. The molecule has 2 aromatic rings. The van der Waals surface area contributed by atoms with Gasteiger partial charge in [0.2, 0.25) is 0 Å². The van der Waals surface area contributed by atoms with Crippen LogP contribution in [0.2, 0.25) is 0 Å². The number of hydrogen-bond acceptors (Lipinski definition) is 6. The van der Waals surface area contributed by atoms with Crippen molar-refractivity contribution in [1.29, 1.82) is 0 Å². The van der Waals surface area contributed by atoms with Gasteiger partial charge in [-0.3, -0.25) is 4.79 Å². The molecule has 0 bridgehead atoms. The molecule has 7 heteroatoms. The van der Waals surface area contributed by atoms with Gasteiger partial charge in [-0.25, -0.2) is 4.79 Å². The van der Waals surface area contributed by atoms with E-state index in [1.54, 1.807) is 35.4 Å². The van der Waals surface area contributed by atoms with Crippen molar-refractivity contribution in [2.75, 3.05) is 20.8 Å². The highest BCUT2D eigenvalue weighted by atomic mass is 16.5. The molecule has 1 aromatic carbocycles. The van der Waals surface area contributed by atoms with Crippen LogP contribution in [0.1, 0.15) is 41.8 Å². The van der Waals surface area contributed by atoms with Crippen LogP contribution in [0.4, 0.5) is 0 Å². The highest BCUT2D eigenvalue weighted by Crippen LogP contribution is 2.29. The van der Waals surface area contributed by atoms with E-state index in [4.69, 9.17) is 18.6 Å². The van der Waals surface area contributed by atoms with Crippen LogP contribution in [0.25, 0.3) is 0 Å². The number of carbonyl (C=O) groups is 2.